The van der Waals surface area contributed by atoms with Crippen LogP contribution in [-0.2, 0) is 15.0 Å². The van der Waals surface area contributed by atoms with Crippen molar-refractivity contribution in [2.24, 2.45) is 0 Å². The fraction of sp³-hybridized carbons (Fsp3) is 0.389. The second kappa shape index (κ2) is 6.72. The number of hydrogen-bond donors (Lipinski definition) is 1. The molecule has 1 saturated heterocycles. The van der Waals surface area contributed by atoms with Gasteiger partial charge in [0.05, 0.1) is 10.7 Å². The van der Waals surface area contributed by atoms with Crippen molar-refractivity contribution in [1.29, 1.82) is 0 Å². The Balaban J connectivity index is 1.80. The molecule has 6 nitrogen and oxygen atoms in total. The number of carbonyl (C=O) groups excluding carboxylic acids is 2. The van der Waals surface area contributed by atoms with E-state index in [2.05, 4.69) is 10.5 Å². The molecule has 0 aliphatic carbocycles. The lowest BCUT2D eigenvalue weighted by Crippen LogP contribution is -2.41. The quantitative estimate of drug-likeness (QED) is 0.877. The van der Waals surface area contributed by atoms with Gasteiger partial charge in [-0.25, -0.2) is 4.39 Å². The normalized spacial score (nSPS) is 17.7. The van der Waals surface area contributed by atoms with Crippen molar-refractivity contribution >= 4 is 35.0 Å². The first-order valence-electron chi connectivity index (χ1n) is 8.22. The number of rotatable bonds is 3. The van der Waals surface area contributed by atoms with E-state index in [0.717, 1.165) is 0 Å². The van der Waals surface area contributed by atoms with Gasteiger partial charge in [-0.15, -0.1) is 0 Å². The van der Waals surface area contributed by atoms with E-state index in [9.17, 15) is 14.0 Å². The van der Waals surface area contributed by atoms with Gasteiger partial charge in [-0.05, 0) is 24.6 Å². The number of benzene rings is 1. The van der Waals surface area contributed by atoms with Crippen LogP contribution in [0.2, 0.25) is 5.02 Å². The third kappa shape index (κ3) is 3.58. The molecule has 1 N–H and O–H groups in total. The summed E-state index contributed by atoms with van der Waals surface area (Å²) >= 11 is 5.81. The van der Waals surface area contributed by atoms with Crippen molar-refractivity contribution in [3.63, 3.8) is 0 Å². The molecule has 0 bridgehead atoms. The molecule has 0 saturated carbocycles. The molecule has 0 spiro atoms. The van der Waals surface area contributed by atoms with Gasteiger partial charge >= 0.3 is 0 Å². The summed E-state index contributed by atoms with van der Waals surface area (Å²) < 4.78 is 18.6. The number of nitrogens with one attached hydrogen (secondary N) is 1. The van der Waals surface area contributed by atoms with Gasteiger partial charge in [0.15, 0.2) is 0 Å². The van der Waals surface area contributed by atoms with Crippen LogP contribution < -0.4 is 10.2 Å². The first-order valence-corrected chi connectivity index (χ1v) is 8.60. The van der Waals surface area contributed by atoms with Gasteiger partial charge in [0, 0.05) is 23.6 Å². The zero-order valence-corrected chi connectivity index (χ0v) is 15.4. The Morgan fingerprint density at radius 2 is 2.12 bits per heavy atom. The molecule has 1 aromatic carbocycles. The van der Waals surface area contributed by atoms with Gasteiger partial charge in [0.1, 0.15) is 11.9 Å². The van der Waals surface area contributed by atoms with Crippen molar-refractivity contribution in [2.45, 2.75) is 45.1 Å². The Kier molecular flexibility index (Phi) is 4.75. The summed E-state index contributed by atoms with van der Waals surface area (Å²) in [6.45, 7) is 5.93. The largest absolute Gasteiger partial charge is 0.338 e. The molecule has 26 heavy (non-hydrogen) atoms. The van der Waals surface area contributed by atoms with Crippen LogP contribution in [0, 0.1) is 5.82 Å². The molecule has 138 valence electrons. The minimum absolute atomic E-state index is 0.105. The van der Waals surface area contributed by atoms with Crippen LogP contribution in [0.25, 0.3) is 0 Å². The van der Waals surface area contributed by atoms with Crippen LogP contribution >= 0.6 is 11.6 Å². The van der Waals surface area contributed by atoms with Crippen LogP contribution in [0.4, 0.5) is 16.0 Å². The van der Waals surface area contributed by atoms with Crippen LogP contribution in [0.1, 0.15) is 39.3 Å². The minimum Gasteiger partial charge on any atom is -0.338 e. The van der Waals surface area contributed by atoms with Crippen molar-refractivity contribution in [3.8, 4) is 0 Å². The standard InChI is InChI=1S/C18H19ClFN3O3/c1-18(2,3)14-9-15(26-22-14)21-17(25)13-6-7-16(24)23(13)10-4-5-12(20)11(19)8-10/h4-5,8-9,13H,6-7H2,1-3H3,(H,21,25)/t13-/m0/s1. The van der Waals surface area contributed by atoms with E-state index < -0.39 is 17.8 Å². The maximum Gasteiger partial charge on any atom is 0.249 e. The SMILES string of the molecule is CC(C)(C)c1cc(NC(=O)[C@@H]2CCC(=O)N2c2ccc(F)c(Cl)c2)on1. The zero-order chi connectivity index (χ0) is 19.1. The van der Waals surface area contributed by atoms with Gasteiger partial charge in [-0.1, -0.05) is 37.5 Å². The summed E-state index contributed by atoms with van der Waals surface area (Å²) in [7, 11) is 0. The van der Waals surface area contributed by atoms with Crippen LogP contribution in [0.3, 0.4) is 0 Å². The average molecular weight is 380 g/mol. The molecule has 1 atom stereocenters. The fourth-order valence-electron chi connectivity index (χ4n) is 2.78. The van der Waals surface area contributed by atoms with E-state index in [1.165, 1.54) is 23.1 Å². The highest BCUT2D eigenvalue weighted by molar-refractivity contribution is 6.31. The lowest BCUT2D eigenvalue weighted by molar-refractivity contribution is -0.120. The Morgan fingerprint density at radius 1 is 1.38 bits per heavy atom. The predicted octanol–water partition coefficient (Wildman–Crippen LogP) is 3.90. The van der Waals surface area contributed by atoms with Crippen LogP contribution in [-0.4, -0.2) is 23.0 Å². The molecule has 0 unspecified atom stereocenters. The number of halogens is 2. The van der Waals surface area contributed by atoms with Gasteiger partial charge in [0.25, 0.3) is 0 Å². The van der Waals surface area contributed by atoms with Gasteiger partial charge < -0.3 is 4.52 Å². The highest BCUT2D eigenvalue weighted by atomic mass is 35.5. The molecule has 1 aliphatic heterocycles. The van der Waals surface area contributed by atoms with Gasteiger partial charge in [-0.3, -0.25) is 19.8 Å². The number of aromatic nitrogens is 1. The monoisotopic (exact) mass is 379 g/mol. The van der Waals surface area contributed by atoms with Gasteiger partial charge in [-0.2, -0.15) is 0 Å². The third-order valence-electron chi connectivity index (χ3n) is 4.22. The summed E-state index contributed by atoms with van der Waals surface area (Å²) in [4.78, 5) is 26.2. The summed E-state index contributed by atoms with van der Waals surface area (Å²) in [6, 6.07) is 4.87. The van der Waals surface area contributed by atoms with E-state index in [4.69, 9.17) is 16.1 Å². The summed E-state index contributed by atoms with van der Waals surface area (Å²) in [5, 5.41) is 6.50. The predicted molar refractivity (Wildman–Crippen MR) is 95.8 cm³/mol. The molecular formula is C18H19ClFN3O3. The maximum absolute atomic E-state index is 13.4. The molecule has 0 radical (unpaired) electrons. The Morgan fingerprint density at radius 3 is 2.73 bits per heavy atom. The molecule has 8 heteroatoms. The number of anilines is 2. The maximum atomic E-state index is 13.4. The molecular weight excluding hydrogens is 361 g/mol. The number of carbonyl (C=O) groups is 2. The van der Waals surface area contributed by atoms with E-state index in [0.29, 0.717) is 17.8 Å². The third-order valence-corrected chi connectivity index (χ3v) is 4.51. The summed E-state index contributed by atoms with van der Waals surface area (Å²) in [5.74, 6) is -0.982. The summed E-state index contributed by atoms with van der Waals surface area (Å²) in [6.07, 6.45) is 0.566. The molecule has 1 aliphatic rings. The first-order chi connectivity index (χ1) is 12.2. The van der Waals surface area contributed by atoms with Crippen molar-refractivity contribution in [1.82, 2.24) is 5.16 Å². The molecule has 2 aromatic rings. The van der Waals surface area contributed by atoms with E-state index in [1.807, 2.05) is 20.8 Å². The molecule has 3 rings (SSSR count). The smallest absolute Gasteiger partial charge is 0.249 e. The van der Waals surface area contributed by atoms with Crippen LogP contribution in [0.15, 0.2) is 28.8 Å². The Labute approximate surface area is 155 Å². The van der Waals surface area contributed by atoms with Crippen molar-refractivity contribution < 1.29 is 18.5 Å². The number of hydrogen-bond acceptors (Lipinski definition) is 4. The minimum atomic E-state index is -0.729. The Hall–Kier alpha value is -2.41. The van der Waals surface area contributed by atoms with E-state index in [1.54, 1.807) is 6.07 Å². The molecule has 1 aromatic heterocycles. The first kappa shape index (κ1) is 18.4. The number of amides is 2. The highest BCUT2D eigenvalue weighted by Gasteiger charge is 2.37. The Bertz CT molecular complexity index is 860. The highest BCUT2D eigenvalue weighted by Crippen LogP contribution is 2.31. The lowest BCUT2D eigenvalue weighted by atomic mass is 9.92. The molecule has 2 amide bonds. The van der Waals surface area contributed by atoms with Gasteiger partial charge in [0.2, 0.25) is 17.7 Å². The van der Waals surface area contributed by atoms with E-state index in [-0.39, 0.29) is 28.6 Å². The van der Waals surface area contributed by atoms with E-state index >= 15 is 0 Å². The lowest BCUT2D eigenvalue weighted by Gasteiger charge is -2.24. The van der Waals surface area contributed by atoms with Crippen LogP contribution in [0.5, 0.6) is 0 Å². The summed E-state index contributed by atoms with van der Waals surface area (Å²) in [5.41, 5.74) is 0.872. The number of nitrogens with zero attached hydrogens (tertiary/aromatic N) is 2. The van der Waals surface area contributed by atoms with Crippen molar-refractivity contribution in [2.75, 3.05) is 10.2 Å². The topological polar surface area (TPSA) is 75.4 Å². The molecule has 1 fully saturated rings. The zero-order valence-electron chi connectivity index (χ0n) is 14.7. The van der Waals surface area contributed by atoms with Crippen molar-refractivity contribution in [3.05, 3.63) is 40.8 Å². The second-order valence-corrected chi connectivity index (χ2v) is 7.64. The second-order valence-electron chi connectivity index (χ2n) is 7.23. The average Bonchev–Trinajstić information content (AvgIpc) is 3.16. The fourth-order valence-corrected chi connectivity index (χ4v) is 2.96. The molecule has 2 heterocycles.